The van der Waals surface area contributed by atoms with Gasteiger partial charge in [0, 0.05) is 36.7 Å². The van der Waals surface area contributed by atoms with Crippen molar-refractivity contribution in [3.8, 4) is 0 Å². The van der Waals surface area contributed by atoms with Gasteiger partial charge in [-0.25, -0.2) is 9.18 Å². The molecule has 0 radical (unpaired) electrons. The zero-order valence-corrected chi connectivity index (χ0v) is 15.7. The molecule has 2 aromatic carbocycles. The molecule has 1 heterocycles. The van der Waals surface area contributed by atoms with Crippen molar-refractivity contribution in [1.82, 2.24) is 9.80 Å². The number of aromatic carboxylic acids is 1. The van der Waals surface area contributed by atoms with Crippen LogP contribution in [0.3, 0.4) is 0 Å². The molecule has 1 aliphatic heterocycles. The summed E-state index contributed by atoms with van der Waals surface area (Å²) in [7, 11) is 4.16. The van der Waals surface area contributed by atoms with Crippen LogP contribution in [-0.4, -0.2) is 54.1 Å². The number of carboxylic acid groups (broad SMARTS) is 1. The fraction of sp³-hybridized carbons (Fsp3) is 0.409. The number of benzene rings is 2. The molecule has 5 heteroatoms. The van der Waals surface area contributed by atoms with Crippen molar-refractivity contribution >= 4 is 5.97 Å². The molecule has 27 heavy (non-hydrogen) atoms. The summed E-state index contributed by atoms with van der Waals surface area (Å²) in [5.41, 5.74) is 3.46. The second kappa shape index (κ2) is 7.06. The molecule has 3 atom stereocenters. The van der Waals surface area contributed by atoms with Crippen LogP contribution in [0.15, 0.2) is 42.5 Å². The van der Waals surface area contributed by atoms with Gasteiger partial charge in [-0.3, -0.25) is 4.90 Å². The van der Waals surface area contributed by atoms with Crippen LogP contribution >= 0.6 is 0 Å². The molecule has 0 spiro atoms. The lowest BCUT2D eigenvalue weighted by Gasteiger charge is -2.26. The van der Waals surface area contributed by atoms with Crippen molar-refractivity contribution in [1.29, 1.82) is 0 Å². The Balaban J connectivity index is 1.61. The van der Waals surface area contributed by atoms with Crippen LogP contribution in [0.5, 0.6) is 0 Å². The van der Waals surface area contributed by atoms with Gasteiger partial charge in [-0.15, -0.1) is 0 Å². The molecule has 0 bridgehead atoms. The number of likely N-dealkylation sites (tertiary alicyclic amines) is 1. The largest absolute Gasteiger partial charge is 0.478 e. The molecular formula is C22H25FN2O2. The first-order valence-corrected chi connectivity index (χ1v) is 9.46. The van der Waals surface area contributed by atoms with Crippen LogP contribution in [-0.2, 0) is 6.42 Å². The van der Waals surface area contributed by atoms with E-state index in [9.17, 15) is 9.18 Å². The van der Waals surface area contributed by atoms with E-state index in [0.717, 1.165) is 42.6 Å². The van der Waals surface area contributed by atoms with Crippen LogP contribution in [0.25, 0.3) is 0 Å². The minimum absolute atomic E-state index is 0.0920. The topological polar surface area (TPSA) is 43.8 Å². The molecular weight excluding hydrogens is 343 g/mol. The number of rotatable bonds is 4. The molecule has 2 aliphatic rings. The van der Waals surface area contributed by atoms with Gasteiger partial charge in [0.05, 0.1) is 5.56 Å². The summed E-state index contributed by atoms with van der Waals surface area (Å²) < 4.78 is 14.5. The lowest BCUT2D eigenvalue weighted by atomic mass is 9.93. The molecule has 0 aromatic heterocycles. The van der Waals surface area contributed by atoms with E-state index in [4.69, 9.17) is 5.11 Å². The standard InChI is InChI=1S/C22H25FN2O2/c1-24(2)20-13-25(19-11-10-15-4-3-5-18(23)21(15)19)12-17(20)14-6-8-16(9-7-14)22(26)27/h3-9,17,19-20H,10-13H2,1-2H3,(H,26,27)/t17-,19?,20+/m0/s1. The maximum atomic E-state index is 14.5. The van der Waals surface area contributed by atoms with Crippen LogP contribution < -0.4 is 0 Å². The fourth-order valence-corrected chi connectivity index (χ4v) is 4.77. The van der Waals surface area contributed by atoms with Gasteiger partial charge < -0.3 is 10.0 Å². The zero-order chi connectivity index (χ0) is 19.1. The first-order valence-electron chi connectivity index (χ1n) is 9.46. The van der Waals surface area contributed by atoms with E-state index < -0.39 is 5.97 Å². The molecule has 1 N–H and O–H groups in total. The molecule has 1 aliphatic carbocycles. The smallest absolute Gasteiger partial charge is 0.335 e. The normalized spacial score (nSPS) is 25.1. The Labute approximate surface area is 159 Å². The number of aryl methyl sites for hydroxylation is 1. The van der Waals surface area contributed by atoms with Gasteiger partial charge in [-0.1, -0.05) is 24.3 Å². The van der Waals surface area contributed by atoms with Gasteiger partial charge in [-0.2, -0.15) is 0 Å². The second-order valence-corrected chi connectivity index (χ2v) is 7.89. The molecule has 0 amide bonds. The minimum atomic E-state index is -0.906. The highest BCUT2D eigenvalue weighted by molar-refractivity contribution is 5.87. The van der Waals surface area contributed by atoms with Crippen molar-refractivity contribution in [2.24, 2.45) is 0 Å². The van der Waals surface area contributed by atoms with Crippen molar-refractivity contribution in [3.63, 3.8) is 0 Å². The monoisotopic (exact) mass is 368 g/mol. The van der Waals surface area contributed by atoms with Crippen molar-refractivity contribution < 1.29 is 14.3 Å². The van der Waals surface area contributed by atoms with Crippen molar-refractivity contribution in [2.75, 3.05) is 27.2 Å². The third kappa shape index (κ3) is 3.26. The van der Waals surface area contributed by atoms with Gasteiger partial charge in [-0.05, 0) is 56.3 Å². The van der Waals surface area contributed by atoms with Gasteiger partial charge in [0.15, 0.2) is 0 Å². The van der Waals surface area contributed by atoms with E-state index in [1.807, 2.05) is 18.2 Å². The molecule has 1 fully saturated rings. The Kier molecular flexibility index (Phi) is 4.74. The number of hydrogen-bond acceptors (Lipinski definition) is 3. The Morgan fingerprint density at radius 2 is 1.89 bits per heavy atom. The summed E-state index contributed by atoms with van der Waals surface area (Å²) >= 11 is 0. The predicted octanol–water partition coefficient (Wildman–Crippen LogP) is 3.54. The van der Waals surface area contributed by atoms with Crippen LogP contribution in [0.1, 0.15) is 45.4 Å². The third-order valence-corrected chi connectivity index (χ3v) is 6.17. The molecule has 142 valence electrons. The van der Waals surface area contributed by atoms with E-state index in [1.165, 1.54) is 0 Å². The summed E-state index contributed by atoms with van der Waals surface area (Å²) in [6.45, 7) is 1.74. The number of fused-ring (bicyclic) bond motifs is 1. The van der Waals surface area contributed by atoms with Crippen molar-refractivity contribution in [2.45, 2.75) is 30.8 Å². The van der Waals surface area contributed by atoms with Crippen LogP contribution in [0, 0.1) is 5.82 Å². The van der Waals surface area contributed by atoms with Gasteiger partial charge in [0.1, 0.15) is 5.82 Å². The molecule has 0 saturated carbocycles. The summed E-state index contributed by atoms with van der Waals surface area (Å²) in [5.74, 6) is -0.721. The third-order valence-electron chi connectivity index (χ3n) is 6.17. The van der Waals surface area contributed by atoms with Gasteiger partial charge in [0.2, 0.25) is 0 Å². The van der Waals surface area contributed by atoms with Gasteiger partial charge in [0.25, 0.3) is 0 Å². The van der Waals surface area contributed by atoms with Crippen molar-refractivity contribution in [3.05, 3.63) is 70.5 Å². The van der Waals surface area contributed by atoms with E-state index in [2.05, 4.69) is 23.9 Å². The maximum Gasteiger partial charge on any atom is 0.335 e. The average Bonchev–Trinajstić information content (AvgIpc) is 3.26. The minimum Gasteiger partial charge on any atom is -0.478 e. The molecule has 4 nitrogen and oxygen atoms in total. The Bertz CT molecular complexity index is 850. The maximum absolute atomic E-state index is 14.5. The van der Waals surface area contributed by atoms with E-state index >= 15 is 0 Å². The van der Waals surface area contributed by atoms with E-state index in [0.29, 0.717) is 11.6 Å². The number of likely N-dealkylation sites (N-methyl/N-ethyl adjacent to an activating group) is 1. The summed E-state index contributed by atoms with van der Waals surface area (Å²) in [5, 5.41) is 9.13. The molecule has 4 rings (SSSR count). The predicted molar refractivity (Wildman–Crippen MR) is 103 cm³/mol. The highest BCUT2D eigenvalue weighted by Gasteiger charge is 2.41. The summed E-state index contributed by atoms with van der Waals surface area (Å²) in [4.78, 5) is 15.8. The lowest BCUT2D eigenvalue weighted by Crippen LogP contribution is -2.35. The quantitative estimate of drug-likeness (QED) is 0.897. The highest BCUT2D eigenvalue weighted by atomic mass is 19.1. The number of hydrogen-bond donors (Lipinski definition) is 1. The van der Waals surface area contributed by atoms with Crippen LogP contribution in [0.2, 0.25) is 0 Å². The fourth-order valence-electron chi connectivity index (χ4n) is 4.77. The summed E-state index contributed by atoms with van der Waals surface area (Å²) in [6, 6.07) is 13.1. The number of carboxylic acids is 1. The number of nitrogens with zero attached hydrogens (tertiary/aromatic N) is 2. The highest BCUT2D eigenvalue weighted by Crippen LogP contribution is 2.42. The second-order valence-electron chi connectivity index (χ2n) is 7.89. The zero-order valence-electron chi connectivity index (χ0n) is 15.7. The average molecular weight is 368 g/mol. The first-order chi connectivity index (χ1) is 13.0. The Morgan fingerprint density at radius 3 is 2.56 bits per heavy atom. The van der Waals surface area contributed by atoms with Crippen LogP contribution in [0.4, 0.5) is 4.39 Å². The summed E-state index contributed by atoms with van der Waals surface area (Å²) in [6.07, 6.45) is 1.89. The Hall–Kier alpha value is -2.24. The van der Waals surface area contributed by atoms with E-state index in [1.54, 1.807) is 24.3 Å². The number of halogens is 1. The van der Waals surface area contributed by atoms with E-state index in [-0.39, 0.29) is 17.8 Å². The first kappa shape index (κ1) is 18.1. The molecule has 1 saturated heterocycles. The molecule has 1 unspecified atom stereocenters. The number of carbonyl (C=O) groups is 1. The lowest BCUT2D eigenvalue weighted by molar-refractivity contribution is 0.0697. The Morgan fingerprint density at radius 1 is 1.15 bits per heavy atom. The molecule has 2 aromatic rings. The van der Waals surface area contributed by atoms with Gasteiger partial charge >= 0.3 is 5.97 Å². The SMILES string of the molecule is CN(C)[C@@H]1CN(C2CCc3cccc(F)c32)C[C@H]1c1ccc(C(=O)O)cc1.